The van der Waals surface area contributed by atoms with Crippen LogP contribution in [0.1, 0.15) is 39.5 Å². The molecular formula is C22H26Br2N4O2S2. The molecule has 0 saturated heterocycles. The van der Waals surface area contributed by atoms with Gasteiger partial charge in [0.25, 0.3) is 0 Å². The number of carbonyl (C=O) groups is 2. The standard InChI is InChI=1S/2C11H13BrN2OS/c2*1-2-3-10(15)14-11(16)13-9-6-4-8(12)5-7-9/h2*4-7H,2-3H2,1H3,(H2,13,14,15,16). The van der Waals surface area contributed by atoms with Gasteiger partial charge in [-0.2, -0.15) is 0 Å². The monoisotopic (exact) mass is 600 g/mol. The van der Waals surface area contributed by atoms with Crippen molar-refractivity contribution in [1.29, 1.82) is 0 Å². The van der Waals surface area contributed by atoms with Crippen LogP contribution >= 0.6 is 56.3 Å². The van der Waals surface area contributed by atoms with Crippen LogP contribution < -0.4 is 21.3 Å². The Morgan fingerprint density at radius 3 is 1.28 bits per heavy atom. The van der Waals surface area contributed by atoms with Crippen molar-refractivity contribution in [3.8, 4) is 0 Å². The smallest absolute Gasteiger partial charge is 0.226 e. The quantitative estimate of drug-likeness (QED) is 0.298. The summed E-state index contributed by atoms with van der Waals surface area (Å²) in [5.74, 6) is -0.116. The highest BCUT2D eigenvalue weighted by Gasteiger charge is 2.04. The predicted molar refractivity (Wildman–Crippen MR) is 147 cm³/mol. The third kappa shape index (κ3) is 12.8. The number of rotatable bonds is 6. The Hall–Kier alpha value is -1.88. The van der Waals surface area contributed by atoms with Crippen LogP contribution in [0.2, 0.25) is 0 Å². The van der Waals surface area contributed by atoms with Crippen LogP contribution in [0.3, 0.4) is 0 Å². The molecule has 2 aromatic carbocycles. The lowest BCUT2D eigenvalue weighted by Gasteiger charge is -2.08. The minimum atomic E-state index is -0.0582. The van der Waals surface area contributed by atoms with Crippen LogP contribution in [-0.2, 0) is 9.59 Å². The summed E-state index contributed by atoms with van der Waals surface area (Å²) in [6.45, 7) is 3.90. The van der Waals surface area contributed by atoms with Crippen molar-refractivity contribution in [2.45, 2.75) is 39.5 Å². The van der Waals surface area contributed by atoms with Gasteiger partial charge in [0.15, 0.2) is 10.2 Å². The topological polar surface area (TPSA) is 82.3 Å². The highest BCUT2D eigenvalue weighted by Crippen LogP contribution is 2.14. The van der Waals surface area contributed by atoms with Gasteiger partial charge in [0.1, 0.15) is 0 Å². The van der Waals surface area contributed by atoms with Gasteiger partial charge in [0.05, 0.1) is 0 Å². The van der Waals surface area contributed by atoms with E-state index >= 15 is 0 Å². The van der Waals surface area contributed by atoms with Gasteiger partial charge >= 0.3 is 0 Å². The first-order valence-corrected chi connectivity index (χ1v) is 12.4. The summed E-state index contributed by atoms with van der Waals surface area (Å²) in [5, 5.41) is 11.8. The molecule has 10 heteroatoms. The SMILES string of the molecule is CCCC(=O)NC(=S)Nc1ccc(Br)cc1.CCCC(=O)NC(=S)Nc1ccc(Br)cc1. The Morgan fingerprint density at radius 1 is 0.688 bits per heavy atom. The zero-order valence-corrected chi connectivity index (χ0v) is 22.6. The normalized spacial score (nSPS) is 9.62. The molecule has 2 amide bonds. The average molecular weight is 602 g/mol. The number of thiocarbonyl (C=S) groups is 2. The predicted octanol–water partition coefficient (Wildman–Crippen LogP) is 6.12. The number of hydrogen-bond donors (Lipinski definition) is 4. The summed E-state index contributed by atoms with van der Waals surface area (Å²) in [5.41, 5.74) is 1.70. The Kier molecular flexibility index (Phi) is 13.9. The number of nitrogens with one attached hydrogen (secondary N) is 4. The van der Waals surface area contributed by atoms with E-state index in [1.807, 2.05) is 62.4 Å². The minimum Gasteiger partial charge on any atom is -0.332 e. The van der Waals surface area contributed by atoms with Gasteiger partial charge < -0.3 is 21.3 Å². The van der Waals surface area contributed by atoms with Gasteiger partial charge in [-0.15, -0.1) is 0 Å². The number of amides is 2. The summed E-state index contributed by atoms with van der Waals surface area (Å²) in [6.07, 6.45) is 2.60. The molecule has 0 fully saturated rings. The van der Waals surface area contributed by atoms with Crippen molar-refractivity contribution in [3.05, 3.63) is 57.5 Å². The molecule has 0 aromatic heterocycles. The Labute approximate surface area is 216 Å². The summed E-state index contributed by atoms with van der Waals surface area (Å²) < 4.78 is 2.00. The third-order valence-corrected chi connectivity index (χ3v) is 5.13. The first-order chi connectivity index (χ1) is 15.2. The lowest BCUT2D eigenvalue weighted by molar-refractivity contribution is -0.120. The molecule has 0 unspecified atom stereocenters. The molecule has 2 rings (SSSR count). The molecular weight excluding hydrogens is 576 g/mol. The molecule has 6 nitrogen and oxygen atoms in total. The maximum atomic E-state index is 11.3. The molecule has 2 aromatic rings. The molecule has 0 bridgehead atoms. The van der Waals surface area contributed by atoms with Crippen molar-refractivity contribution in [2.24, 2.45) is 0 Å². The third-order valence-electron chi connectivity index (χ3n) is 3.66. The molecule has 0 aliphatic carbocycles. The van der Waals surface area contributed by atoms with E-state index in [9.17, 15) is 9.59 Å². The lowest BCUT2D eigenvalue weighted by atomic mass is 10.3. The Balaban J connectivity index is 0.000000320. The van der Waals surface area contributed by atoms with Gasteiger partial charge in [-0.3, -0.25) is 9.59 Å². The number of halogens is 2. The van der Waals surface area contributed by atoms with E-state index in [0.29, 0.717) is 23.1 Å². The first kappa shape index (κ1) is 28.2. The summed E-state index contributed by atoms with van der Waals surface area (Å²) in [6, 6.07) is 15.1. The molecule has 0 aliphatic rings. The summed E-state index contributed by atoms with van der Waals surface area (Å²) >= 11 is 16.7. The van der Waals surface area contributed by atoms with Gasteiger partial charge in [-0.25, -0.2) is 0 Å². The summed E-state index contributed by atoms with van der Waals surface area (Å²) in [7, 11) is 0. The van der Waals surface area contributed by atoms with Crippen molar-refractivity contribution in [2.75, 3.05) is 10.6 Å². The van der Waals surface area contributed by atoms with E-state index in [0.717, 1.165) is 33.2 Å². The molecule has 0 spiro atoms. The fourth-order valence-corrected chi connectivity index (χ4v) is 3.22. The van der Waals surface area contributed by atoms with Gasteiger partial charge in [-0.1, -0.05) is 45.7 Å². The fourth-order valence-electron chi connectivity index (χ4n) is 2.22. The lowest BCUT2D eigenvalue weighted by Crippen LogP contribution is -2.33. The van der Waals surface area contributed by atoms with Crippen molar-refractivity contribution in [1.82, 2.24) is 10.6 Å². The van der Waals surface area contributed by atoms with Crippen LogP contribution in [0, 0.1) is 0 Å². The van der Waals surface area contributed by atoms with Crippen molar-refractivity contribution < 1.29 is 9.59 Å². The molecule has 0 saturated carbocycles. The largest absolute Gasteiger partial charge is 0.332 e. The number of anilines is 2. The van der Waals surface area contributed by atoms with Crippen LogP contribution in [0.5, 0.6) is 0 Å². The molecule has 172 valence electrons. The van der Waals surface area contributed by atoms with Crippen LogP contribution in [0.4, 0.5) is 11.4 Å². The molecule has 4 N–H and O–H groups in total. The van der Waals surface area contributed by atoms with Crippen LogP contribution in [0.15, 0.2) is 57.5 Å². The molecule has 32 heavy (non-hydrogen) atoms. The number of carbonyl (C=O) groups excluding carboxylic acids is 2. The van der Waals surface area contributed by atoms with E-state index in [4.69, 9.17) is 24.4 Å². The van der Waals surface area contributed by atoms with Gasteiger partial charge in [-0.05, 0) is 85.8 Å². The maximum Gasteiger partial charge on any atom is 0.226 e. The van der Waals surface area contributed by atoms with Crippen molar-refractivity contribution >= 4 is 89.7 Å². The molecule has 0 heterocycles. The van der Waals surface area contributed by atoms with Crippen molar-refractivity contribution in [3.63, 3.8) is 0 Å². The number of benzene rings is 2. The zero-order valence-electron chi connectivity index (χ0n) is 17.8. The van der Waals surface area contributed by atoms with Crippen LogP contribution in [0.25, 0.3) is 0 Å². The molecule has 0 atom stereocenters. The highest BCUT2D eigenvalue weighted by atomic mass is 79.9. The second kappa shape index (κ2) is 15.8. The zero-order chi connectivity index (χ0) is 23.9. The Morgan fingerprint density at radius 2 is 1.00 bits per heavy atom. The van der Waals surface area contributed by atoms with E-state index in [-0.39, 0.29) is 11.8 Å². The molecule has 0 aliphatic heterocycles. The second-order valence-electron chi connectivity index (χ2n) is 6.52. The van der Waals surface area contributed by atoms with Gasteiger partial charge in [0, 0.05) is 33.2 Å². The van der Waals surface area contributed by atoms with E-state index in [1.165, 1.54) is 0 Å². The van der Waals surface area contributed by atoms with E-state index in [2.05, 4.69) is 53.1 Å². The fraction of sp³-hybridized carbons (Fsp3) is 0.273. The van der Waals surface area contributed by atoms with Gasteiger partial charge in [0.2, 0.25) is 11.8 Å². The average Bonchev–Trinajstić information content (AvgIpc) is 2.72. The number of hydrogen-bond acceptors (Lipinski definition) is 4. The van der Waals surface area contributed by atoms with Crippen LogP contribution in [-0.4, -0.2) is 22.0 Å². The van der Waals surface area contributed by atoms with E-state index < -0.39 is 0 Å². The maximum absolute atomic E-state index is 11.3. The van der Waals surface area contributed by atoms with E-state index in [1.54, 1.807) is 0 Å². The molecule has 0 radical (unpaired) electrons. The first-order valence-electron chi connectivity index (χ1n) is 9.96. The highest BCUT2D eigenvalue weighted by molar-refractivity contribution is 9.10. The Bertz CT molecular complexity index is 832. The summed E-state index contributed by atoms with van der Waals surface area (Å²) in [4.78, 5) is 22.5. The minimum absolute atomic E-state index is 0.0582. The second-order valence-corrected chi connectivity index (χ2v) is 9.17.